The molecule has 0 saturated heterocycles. The fourth-order valence-corrected chi connectivity index (χ4v) is 2.73. The summed E-state index contributed by atoms with van der Waals surface area (Å²) in [6, 6.07) is 14.0. The highest BCUT2D eigenvalue weighted by Gasteiger charge is 2.27. The molecule has 0 bridgehead atoms. The van der Waals surface area contributed by atoms with E-state index >= 15 is 0 Å². The van der Waals surface area contributed by atoms with Crippen molar-refractivity contribution in [2.24, 2.45) is 5.92 Å². The lowest BCUT2D eigenvalue weighted by atomic mass is 10.0. The number of carbonyl (C=O) groups is 3. The third kappa shape index (κ3) is 7.40. The summed E-state index contributed by atoms with van der Waals surface area (Å²) in [4.78, 5) is 37.1. The number of rotatable bonds is 8. The van der Waals surface area contributed by atoms with Crippen LogP contribution in [0.3, 0.4) is 0 Å². The number of hydrogen-bond donors (Lipinski definition) is 3. The van der Waals surface area contributed by atoms with Crippen LogP contribution in [-0.2, 0) is 16.1 Å². The Morgan fingerprint density at radius 3 is 2.13 bits per heavy atom. The molecular weight excluding hydrogens is 406 g/mol. The van der Waals surface area contributed by atoms with Gasteiger partial charge in [-0.05, 0) is 42.7 Å². The van der Waals surface area contributed by atoms with E-state index in [0.29, 0.717) is 17.3 Å². The van der Waals surface area contributed by atoms with E-state index in [1.165, 1.54) is 0 Å². The predicted octanol–water partition coefficient (Wildman–Crippen LogP) is 3.27. The number of para-hydroxylation sites is 1. The number of nitrogens with one attached hydrogen (secondary N) is 3. The molecule has 0 spiro atoms. The first-order valence-corrected chi connectivity index (χ1v) is 10.00. The Bertz CT molecular complexity index is 856. The molecule has 0 aliphatic rings. The Balaban J connectivity index is 1.87. The number of benzene rings is 2. The van der Waals surface area contributed by atoms with E-state index in [2.05, 4.69) is 16.0 Å². The summed E-state index contributed by atoms with van der Waals surface area (Å²) >= 11 is 5.84. The van der Waals surface area contributed by atoms with E-state index in [1.54, 1.807) is 63.2 Å². The van der Waals surface area contributed by atoms with Crippen molar-refractivity contribution in [1.82, 2.24) is 16.0 Å². The molecule has 0 aliphatic heterocycles. The Hall–Kier alpha value is -3.06. The van der Waals surface area contributed by atoms with Crippen LogP contribution in [-0.4, -0.2) is 30.0 Å². The number of amides is 3. The highest BCUT2D eigenvalue weighted by molar-refractivity contribution is 6.30. The van der Waals surface area contributed by atoms with E-state index in [-0.39, 0.29) is 11.8 Å². The molecule has 2 rings (SSSR count). The maximum absolute atomic E-state index is 12.6. The van der Waals surface area contributed by atoms with Crippen LogP contribution >= 0.6 is 11.6 Å². The minimum Gasteiger partial charge on any atom is -0.410 e. The normalized spacial score (nSPS) is 12.6. The molecule has 3 amide bonds. The van der Waals surface area contributed by atoms with Crippen molar-refractivity contribution in [1.29, 1.82) is 0 Å². The third-order valence-corrected chi connectivity index (χ3v) is 4.56. The Morgan fingerprint density at radius 2 is 1.53 bits per heavy atom. The second-order valence-corrected chi connectivity index (χ2v) is 7.58. The van der Waals surface area contributed by atoms with Gasteiger partial charge in [-0.25, -0.2) is 4.79 Å². The summed E-state index contributed by atoms with van der Waals surface area (Å²) in [6.07, 6.45) is -0.741. The molecule has 0 aromatic heterocycles. The third-order valence-electron chi connectivity index (χ3n) is 4.31. The Kier molecular flexibility index (Phi) is 8.68. The van der Waals surface area contributed by atoms with Crippen molar-refractivity contribution in [3.05, 3.63) is 65.2 Å². The molecule has 3 N–H and O–H groups in total. The fraction of sp³-hybridized carbons (Fsp3) is 0.318. The second kappa shape index (κ2) is 11.2. The minimum atomic E-state index is -0.854. The number of hydrogen-bond acceptors (Lipinski definition) is 4. The summed E-state index contributed by atoms with van der Waals surface area (Å²) in [5.41, 5.74) is 0.886. The van der Waals surface area contributed by atoms with Gasteiger partial charge in [0.25, 0.3) is 0 Å². The van der Waals surface area contributed by atoms with Crippen molar-refractivity contribution in [2.75, 3.05) is 0 Å². The SMILES string of the molecule is CC(C)[C@H](NC(=O)Oc1ccccc1)C(=O)N[C@@H](C)C(=O)NCc1ccc(Cl)cc1. The van der Waals surface area contributed by atoms with Crippen molar-refractivity contribution in [2.45, 2.75) is 39.4 Å². The molecule has 0 unspecified atom stereocenters. The van der Waals surface area contributed by atoms with Crippen molar-refractivity contribution < 1.29 is 19.1 Å². The summed E-state index contributed by atoms with van der Waals surface area (Å²) < 4.78 is 5.17. The van der Waals surface area contributed by atoms with Crippen molar-refractivity contribution in [3.63, 3.8) is 0 Å². The van der Waals surface area contributed by atoms with E-state index in [4.69, 9.17) is 16.3 Å². The van der Waals surface area contributed by atoms with Gasteiger partial charge in [0.05, 0.1) is 0 Å². The maximum Gasteiger partial charge on any atom is 0.413 e. The fourth-order valence-electron chi connectivity index (χ4n) is 2.60. The topological polar surface area (TPSA) is 96.5 Å². The molecule has 7 nitrogen and oxygen atoms in total. The molecule has 0 aliphatic carbocycles. The van der Waals surface area contributed by atoms with Crippen molar-refractivity contribution >= 4 is 29.5 Å². The van der Waals surface area contributed by atoms with Gasteiger partial charge in [-0.2, -0.15) is 0 Å². The summed E-state index contributed by atoms with van der Waals surface area (Å²) in [6.45, 7) is 5.47. The molecule has 0 fully saturated rings. The Morgan fingerprint density at radius 1 is 0.900 bits per heavy atom. The van der Waals surface area contributed by atoms with Crippen LogP contribution < -0.4 is 20.7 Å². The summed E-state index contributed by atoms with van der Waals surface area (Å²) in [5, 5.41) is 8.56. The van der Waals surface area contributed by atoms with Gasteiger partial charge in [0.15, 0.2) is 0 Å². The monoisotopic (exact) mass is 431 g/mol. The highest BCUT2D eigenvalue weighted by atomic mass is 35.5. The maximum atomic E-state index is 12.6. The zero-order valence-electron chi connectivity index (χ0n) is 17.1. The standard InChI is InChI=1S/C22H26ClN3O4/c1-14(2)19(26-22(29)30-18-7-5-4-6-8-18)21(28)25-15(3)20(27)24-13-16-9-11-17(23)12-10-16/h4-12,14-15,19H,13H2,1-3H3,(H,24,27)(H,25,28)(H,26,29)/t15-,19-/m0/s1. The quantitative estimate of drug-likeness (QED) is 0.597. The first-order valence-electron chi connectivity index (χ1n) is 9.62. The van der Waals surface area contributed by atoms with Crippen LogP contribution in [0.5, 0.6) is 5.75 Å². The molecule has 2 aromatic rings. The molecule has 2 atom stereocenters. The van der Waals surface area contributed by atoms with Gasteiger partial charge < -0.3 is 20.7 Å². The van der Waals surface area contributed by atoms with Gasteiger partial charge in [0.2, 0.25) is 11.8 Å². The van der Waals surface area contributed by atoms with Gasteiger partial charge in [-0.1, -0.05) is 55.8 Å². The lowest BCUT2D eigenvalue weighted by Gasteiger charge is -2.23. The van der Waals surface area contributed by atoms with Crippen LogP contribution in [0.15, 0.2) is 54.6 Å². The average Bonchev–Trinajstić information content (AvgIpc) is 2.71. The van der Waals surface area contributed by atoms with E-state index in [1.807, 2.05) is 12.1 Å². The molecular formula is C22H26ClN3O4. The van der Waals surface area contributed by atoms with Gasteiger partial charge in [-0.3, -0.25) is 9.59 Å². The molecule has 0 radical (unpaired) electrons. The molecule has 0 heterocycles. The molecule has 30 heavy (non-hydrogen) atoms. The zero-order chi connectivity index (χ0) is 22.1. The number of carbonyl (C=O) groups excluding carboxylic acids is 3. The molecule has 2 aromatic carbocycles. The first kappa shape index (κ1) is 23.2. The molecule has 160 valence electrons. The highest BCUT2D eigenvalue weighted by Crippen LogP contribution is 2.10. The van der Waals surface area contributed by atoms with Gasteiger partial charge in [0.1, 0.15) is 17.8 Å². The minimum absolute atomic E-state index is 0.211. The molecule has 8 heteroatoms. The summed E-state index contributed by atoms with van der Waals surface area (Å²) in [5.74, 6) is -0.651. The number of ether oxygens (including phenoxy) is 1. The second-order valence-electron chi connectivity index (χ2n) is 7.14. The van der Waals surface area contributed by atoms with E-state index < -0.39 is 24.1 Å². The van der Waals surface area contributed by atoms with Crippen LogP contribution in [0.1, 0.15) is 26.3 Å². The summed E-state index contributed by atoms with van der Waals surface area (Å²) in [7, 11) is 0. The Labute approximate surface area is 181 Å². The molecule has 0 saturated carbocycles. The van der Waals surface area contributed by atoms with Crippen LogP contribution in [0.4, 0.5) is 4.79 Å². The largest absolute Gasteiger partial charge is 0.413 e. The van der Waals surface area contributed by atoms with Gasteiger partial charge >= 0.3 is 6.09 Å². The van der Waals surface area contributed by atoms with Gasteiger partial charge in [0, 0.05) is 11.6 Å². The lowest BCUT2D eigenvalue weighted by Crippen LogP contribution is -2.54. The van der Waals surface area contributed by atoms with E-state index in [0.717, 1.165) is 5.56 Å². The predicted molar refractivity (Wildman–Crippen MR) is 115 cm³/mol. The van der Waals surface area contributed by atoms with Crippen LogP contribution in [0, 0.1) is 5.92 Å². The zero-order valence-corrected chi connectivity index (χ0v) is 17.9. The first-order chi connectivity index (χ1) is 14.3. The number of halogens is 1. The lowest BCUT2D eigenvalue weighted by molar-refractivity contribution is -0.130. The van der Waals surface area contributed by atoms with Crippen LogP contribution in [0.25, 0.3) is 0 Å². The smallest absolute Gasteiger partial charge is 0.410 e. The average molecular weight is 432 g/mol. The van der Waals surface area contributed by atoms with Crippen molar-refractivity contribution in [3.8, 4) is 5.75 Å². The van der Waals surface area contributed by atoms with Gasteiger partial charge in [-0.15, -0.1) is 0 Å². The van der Waals surface area contributed by atoms with Crippen LogP contribution in [0.2, 0.25) is 5.02 Å². The van der Waals surface area contributed by atoms with E-state index in [9.17, 15) is 14.4 Å².